The quantitative estimate of drug-likeness (QED) is 0.679. The van der Waals surface area contributed by atoms with Crippen molar-refractivity contribution in [2.45, 2.75) is 30.3 Å². The predicted octanol–water partition coefficient (Wildman–Crippen LogP) is 1.53. The van der Waals surface area contributed by atoms with Gasteiger partial charge in [0.25, 0.3) is 10.0 Å². The Morgan fingerprint density at radius 1 is 1.23 bits per heavy atom. The van der Waals surface area contributed by atoms with Crippen LogP contribution in [0.3, 0.4) is 0 Å². The van der Waals surface area contributed by atoms with Crippen molar-refractivity contribution >= 4 is 10.0 Å². The number of sulfonamides is 1. The molecule has 0 aliphatic heterocycles. The molecule has 0 atom stereocenters. The van der Waals surface area contributed by atoms with E-state index in [0.29, 0.717) is 12.5 Å². The van der Waals surface area contributed by atoms with E-state index in [2.05, 4.69) is 25.9 Å². The van der Waals surface area contributed by atoms with E-state index >= 15 is 0 Å². The largest absolute Gasteiger partial charge is 0.339 e. The Morgan fingerprint density at radius 3 is 2.73 bits per heavy atom. The fourth-order valence-corrected chi connectivity index (χ4v) is 3.84. The topological polar surface area (TPSA) is 94.7 Å². The molecule has 1 saturated carbocycles. The third-order valence-electron chi connectivity index (χ3n) is 4.31. The molecule has 3 heterocycles. The summed E-state index contributed by atoms with van der Waals surface area (Å²) in [6, 6.07) is 7.79. The van der Waals surface area contributed by atoms with Crippen LogP contribution in [0.5, 0.6) is 0 Å². The number of nitrogens with one attached hydrogen (secondary N) is 1. The van der Waals surface area contributed by atoms with Crippen molar-refractivity contribution in [2.75, 3.05) is 6.54 Å². The minimum absolute atomic E-state index is 0.0251. The molecule has 0 saturated heterocycles. The normalized spacial score (nSPS) is 14.7. The fraction of sp³-hybridized carbons (Fsp3) is 0.353. The van der Waals surface area contributed by atoms with Crippen molar-refractivity contribution < 1.29 is 8.42 Å². The fourth-order valence-electron chi connectivity index (χ4n) is 2.84. The Morgan fingerprint density at radius 2 is 2.08 bits per heavy atom. The zero-order chi connectivity index (χ0) is 18.1. The van der Waals surface area contributed by atoms with Crippen molar-refractivity contribution in [3.63, 3.8) is 0 Å². The molecule has 9 heteroatoms. The van der Waals surface area contributed by atoms with Crippen molar-refractivity contribution in [3.8, 4) is 11.4 Å². The van der Waals surface area contributed by atoms with Crippen LogP contribution >= 0.6 is 0 Å². The second-order valence-corrected chi connectivity index (χ2v) is 8.16. The van der Waals surface area contributed by atoms with Gasteiger partial charge in [0.15, 0.2) is 5.03 Å². The lowest BCUT2D eigenvalue weighted by Crippen LogP contribution is -2.28. The summed E-state index contributed by atoms with van der Waals surface area (Å²) in [6.45, 7) is 0.715. The van der Waals surface area contributed by atoms with Gasteiger partial charge < -0.3 is 4.57 Å². The van der Waals surface area contributed by atoms with E-state index in [0.717, 1.165) is 29.9 Å². The molecule has 1 N–H and O–H groups in total. The van der Waals surface area contributed by atoms with E-state index in [1.165, 1.54) is 12.5 Å². The van der Waals surface area contributed by atoms with Crippen LogP contribution in [0.25, 0.3) is 11.4 Å². The molecule has 136 valence electrons. The van der Waals surface area contributed by atoms with Gasteiger partial charge in [0.2, 0.25) is 0 Å². The molecule has 1 aliphatic carbocycles. The summed E-state index contributed by atoms with van der Waals surface area (Å²) in [5, 5.41) is 4.66. The van der Waals surface area contributed by atoms with Crippen LogP contribution in [0.4, 0.5) is 0 Å². The lowest BCUT2D eigenvalue weighted by molar-refractivity contribution is 0.549. The van der Waals surface area contributed by atoms with Crippen molar-refractivity contribution in [1.29, 1.82) is 0 Å². The van der Waals surface area contributed by atoms with Crippen LogP contribution in [0, 0.1) is 0 Å². The first-order chi connectivity index (χ1) is 12.5. The van der Waals surface area contributed by atoms with Gasteiger partial charge in [-0.1, -0.05) is 6.07 Å². The average Bonchev–Trinajstić information content (AvgIpc) is 3.23. The number of hydrogen-bond donors (Lipinski definition) is 1. The highest BCUT2D eigenvalue weighted by Crippen LogP contribution is 2.41. The lowest BCUT2D eigenvalue weighted by Gasteiger charge is -2.07. The molecule has 0 unspecified atom stereocenters. The molecule has 26 heavy (non-hydrogen) atoms. The lowest BCUT2D eigenvalue weighted by atomic mass is 10.2. The van der Waals surface area contributed by atoms with Crippen LogP contribution in [-0.2, 0) is 23.6 Å². The summed E-state index contributed by atoms with van der Waals surface area (Å²) in [7, 11) is -1.87. The number of aryl methyl sites for hydroxylation is 1. The van der Waals surface area contributed by atoms with Gasteiger partial charge in [-0.25, -0.2) is 18.1 Å². The van der Waals surface area contributed by atoms with Crippen molar-refractivity contribution in [3.05, 3.63) is 48.7 Å². The van der Waals surface area contributed by atoms with Gasteiger partial charge in [-0.3, -0.25) is 9.67 Å². The van der Waals surface area contributed by atoms with Crippen molar-refractivity contribution in [1.82, 2.24) is 29.0 Å². The third kappa shape index (κ3) is 3.54. The second kappa shape index (κ2) is 6.65. The summed E-state index contributed by atoms with van der Waals surface area (Å²) in [6.07, 6.45) is 6.98. The van der Waals surface area contributed by atoms with Crippen LogP contribution in [-0.4, -0.2) is 39.3 Å². The van der Waals surface area contributed by atoms with E-state index in [1.54, 1.807) is 17.8 Å². The number of rotatable bonds is 7. The first-order valence-electron chi connectivity index (χ1n) is 8.50. The number of pyridine rings is 1. The molecule has 1 fully saturated rings. The monoisotopic (exact) mass is 372 g/mol. The Balaban J connectivity index is 1.49. The molecule has 0 amide bonds. The van der Waals surface area contributed by atoms with Gasteiger partial charge in [0.05, 0.1) is 18.6 Å². The molecule has 8 nitrogen and oxygen atoms in total. The van der Waals surface area contributed by atoms with Gasteiger partial charge in [0, 0.05) is 37.6 Å². The average molecular weight is 372 g/mol. The van der Waals surface area contributed by atoms with Gasteiger partial charge >= 0.3 is 0 Å². The Labute approximate surface area is 152 Å². The van der Waals surface area contributed by atoms with E-state index in [1.807, 2.05) is 22.9 Å². The van der Waals surface area contributed by atoms with Crippen LogP contribution in [0.1, 0.15) is 24.5 Å². The first kappa shape index (κ1) is 16.9. The summed E-state index contributed by atoms with van der Waals surface area (Å²) in [4.78, 5) is 8.24. The molecule has 3 aromatic heterocycles. The Bertz CT molecular complexity index is 1010. The maximum atomic E-state index is 12.3. The third-order valence-corrected chi connectivity index (χ3v) is 5.65. The Hall–Kier alpha value is -2.52. The van der Waals surface area contributed by atoms with Crippen molar-refractivity contribution in [2.24, 2.45) is 7.05 Å². The van der Waals surface area contributed by atoms with Gasteiger partial charge in [-0.2, -0.15) is 5.10 Å². The van der Waals surface area contributed by atoms with E-state index in [4.69, 9.17) is 0 Å². The van der Waals surface area contributed by atoms with E-state index in [-0.39, 0.29) is 11.6 Å². The highest BCUT2D eigenvalue weighted by atomic mass is 32.2. The smallest absolute Gasteiger partial charge is 0.259 e. The summed E-state index contributed by atoms with van der Waals surface area (Å²) in [5.74, 6) is 0.507. The molecule has 3 aromatic rings. The maximum absolute atomic E-state index is 12.3. The molecule has 0 radical (unpaired) electrons. The zero-order valence-electron chi connectivity index (χ0n) is 14.4. The second-order valence-electron chi connectivity index (χ2n) is 6.44. The molecular weight excluding hydrogens is 352 g/mol. The van der Waals surface area contributed by atoms with E-state index in [9.17, 15) is 8.42 Å². The highest BCUT2D eigenvalue weighted by molar-refractivity contribution is 7.89. The summed E-state index contributed by atoms with van der Waals surface area (Å²) in [5.41, 5.74) is 2.78. The zero-order valence-corrected chi connectivity index (χ0v) is 15.2. The van der Waals surface area contributed by atoms with Crippen LogP contribution in [0.15, 0.2) is 48.0 Å². The summed E-state index contributed by atoms with van der Waals surface area (Å²) < 4.78 is 30.6. The van der Waals surface area contributed by atoms with Crippen LogP contribution in [0.2, 0.25) is 0 Å². The number of nitrogens with zero attached hydrogens (tertiary/aromatic N) is 5. The number of aromatic nitrogens is 5. The van der Waals surface area contributed by atoms with Crippen LogP contribution < -0.4 is 4.72 Å². The highest BCUT2D eigenvalue weighted by Gasteiger charge is 2.28. The SMILES string of the molecule is Cn1cnc(S(=O)(=O)NCCn2nc(-c3ccccn3)cc2C2CC2)c1. The van der Waals surface area contributed by atoms with Gasteiger partial charge in [-0.05, 0) is 31.0 Å². The predicted molar refractivity (Wildman–Crippen MR) is 95.8 cm³/mol. The Kier molecular flexibility index (Phi) is 4.33. The minimum Gasteiger partial charge on any atom is -0.339 e. The maximum Gasteiger partial charge on any atom is 0.259 e. The molecule has 4 rings (SSSR count). The first-order valence-corrected chi connectivity index (χ1v) is 9.98. The van der Waals surface area contributed by atoms with E-state index < -0.39 is 10.0 Å². The molecule has 0 spiro atoms. The molecule has 1 aliphatic rings. The number of imidazole rings is 1. The standard InChI is InChI=1S/C17H20N6O2S/c1-22-11-17(19-12-22)26(24,25)20-8-9-23-16(13-5-6-13)10-15(21-23)14-4-2-3-7-18-14/h2-4,7,10-13,20H,5-6,8-9H2,1H3. The summed E-state index contributed by atoms with van der Waals surface area (Å²) >= 11 is 0. The molecular formula is C17H20N6O2S. The van der Waals surface area contributed by atoms with Gasteiger partial charge in [-0.15, -0.1) is 0 Å². The number of hydrogen-bond acceptors (Lipinski definition) is 5. The molecule has 0 bridgehead atoms. The minimum atomic E-state index is -3.61. The van der Waals surface area contributed by atoms with Gasteiger partial charge in [0.1, 0.15) is 5.69 Å². The molecule has 0 aromatic carbocycles.